The van der Waals surface area contributed by atoms with Gasteiger partial charge in [0.15, 0.2) is 0 Å². The zero-order valence-electron chi connectivity index (χ0n) is 12.8. The second kappa shape index (κ2) is 7.38. The van der Waals surface area contributed by atoms with Gasteiger partial charge in [-0.1, -0.05) is 25.1 Å². The molecule has 1 aliphatic rings. The van der Waals surface area contributed by atoms with Gasteiger partial charge in [-0.2, -0.15) is 0 Å². The number of hydrogen-bond acceptors (Lipinski definition) is 4. The fraction of sp³-hybridized carbons (Fsp3) is 0.529. The van der Waals surface area contributed by atoms with Gasteiger partial charge in [0.1, 0.15) is 12.3 Å². The maximum absolute atomic E-state index is 14.3. The first kappa shape index (κ1) is 16.5. The van der Waals surface area contributed by atoms with Crippen molar-refractivity contribution >= 4 is 11.9 Å². The Morgan fingerprint density at radius 2 is 1.91 bits per heavy atom. The normalized spacial score (nSPS) is 28.0. The lowest BCUT2D eigenvalue weighted by molar-refractivity contribution is -0.154. The molecular formula is C17H21FO4. The molecule has 0 heterocycles. The molecule has 0 saturated heterocycles. The van der Waals surface area contributed by atoms with Crippen LogP contribution in [0.1, 0.15) is 37.0 Å². The van der Waals surface area contributed by atoms with Crippen LogP contribution < -0.4 is 0 Å². The second-order valence-electron chi connectivity index (χ2n) is 5.63. The largest absolute Gasteiger partial charge is 0.466 e. The third-order valence-electron chi connectivity index (χ3n) is 4.03. The van der Waals surface area contributed by atoms with Crippen LogP contribution in [0.25, 0.3) is 0 Å². The fourth-order valence-corrected chi connectivity index (χ4v) is 2.78. The first-order valence-electron chi connectivity index (χ1n) is 7.59. The van der Waals surface area contributed by atoms with Crippen LogP contribution in [0.2, 0.25) is 0 Å². The van der Waals surface area contributed by atoms with Gasteiger partial charge in [0.2, 0.25) is 0 Å². The molecule has 0 aliphatic heterocycles. The van der Waals surface area contributed by atoms with Crippen LogP contribution >= 0.6 is 0 Å². The van der Waals surface area contributed by atoms with Crippen LogP contribution in [0.15, 0.2) is 30.3 Å². The number of halogens is 1. The van der Waals surface area contributed by atoms with E-state index in [9.17, 15) is 14.0 Å². The van der Waals surface area contributed by atoms with Gasteiger partial charge < -0.3 is 9.47 Å². The van der Waals surface area contributed by atoms with Gasteiger partial charge in [-0.05, 0) is 37.8 Å². The van der Waals surface area contributed by atoms with E-state index in [1.165, 1.54) is 0 Å². The highest BCUT2D eigenvalue weighted by Gasteiger charge is 2.41. The fourth-order valence-electron chi connectivity index (χ4n) is 2.78. The highest BCUT2D eigenvalue weighted by atomic mass is 19.1. The van der Waals surface area contributed by atoms with E-state index in [1.807, 2.05) is 6.92 Å². The maximum atomic E-state index is 14.3. The predicted octanol–water partition coefficient (Wildman–Crippen LogP) is 3.16. The maximum Gasteiger partial charge on any atom is 0.338 e. The first-order valence-corrected chi connectivity index (χ1v) is 7.59. The Labute approximate surface area is 129 Å². The number of hydrogen-bond donors (Lipinski definition) is 0. The van der Waals surface area contributed by atoms with E-state index < -0.39 is 24.2 Å². The van der Waals surface area contributed by atoms with Crippen LogP contribution in [0, 0.1) is 11.8 Å². The Kier molecular flexibility index (Phi) is 5.52. The second-order valence-corrected chi connectivity index (χ2v) is 5.63. The SMILES string of the molecule is CCOC(=O)C1CC(F)C(OC(=O)c2ccccc2)CC1C. The molecule has 0 radical (unpaired) electrons. The molecule has 0 spiro atoms. The van der Waals surface area contributed by atoms with Crippen molar-refractivity contribution in [2.24, 2.45) is 11.8 Å². The topological polar surface area (TPSA) is 52.6 Å². The first-order chi connectivity index (χ1) is 10.5. The van der Waals surface area contributed by atoms with Gasteiger partial charge in [-0.15, -0.1) is 0 Å². The van der Waals surface area contributed by atoms with Crippen molar-refractivity contribution in [1.29, 1.82) is 0 Å². The lowest BCUT2D eigenvalue weighted by Gasteiger charge is -2.34. The minimum absolute atomic E-state index is 0.0345. The Morgan fingerprint density at radius 1 is 1.23 bits per heavy atom. The van der Waals surface area contributed by atoms with Crippen molar-refractivity contribution < 1.29 is 23.5 Å². The van der Waals surface area contributed by atoms with Gasteiger partial charge >= 0.3 is 11.9 Å². The summed E-state index contributed by atoms with van der Waals surface area (Å²) in [6.45, 7) is 3.87. The Bertz CT molecular complexity index is 517. The Balaban J connectivity index is 1.97. The van der Waals surface area contributed by atoms with Gasteiger partial charge in [0.25, 0.3) is 0 Å². The molecule has 22 heavy (non-hydrogen) atoms. The molecular weight excluding hydrogens is 287 g/mol. The van der Waals surface area contributed by atoms with Crippen LogP contribution in [0.4, 0.5) is 4.39 Å². The van der Waals surface area contributed by atoms with Crippen LogP contribution in [-0.4, -0.2) is 30.8 Å². The Hall–Kier alpha value is -1.91. The average Bonchev–Trinajstić information content (AvgIpc) is 2.51. The van der Waals surface area contributed by atoms with Crippen molar-refractivity contribution in [3.63, 3.8) is 0 Å². The van der Waals surface area contributed by atoms with E-state index in [4.69, 9.17) is 9.47 Å². The van der Waals surface area contributed by atoms with Crippen molar-refractivity contribution in [1.82, 2.24) is 0 Å². The third kappa shape index (κ3) is 3.84. The molecule has 1 aromatic carbocycles. The number of ether oxygens (including phenoxy) is 2. The molecule has 120 valence electrons. The summed E-state index contributed by atoms with van der Waals surface area (Å²) in [5.74, 6) is -1.46. The average molecular weight is 308 g/mol. The molecule has 0 N–H and O–H groups in total. The standard InChI is InChI=1S/C17H21FO4/c1-3-21-17(20)13-10-14(18)15(9-11(13)2)22-16(19)12-7-5-4-6-8-12/h4-8,11,13-15H,3,9-10H2,1-2H3. The Morgan fingerprint density at radius 3 is 2.55 bits per heavy atom. The molecule has 1 aliphatic carbocycles. The van der Waals surface area contributed by atoms with E-state index in [0.29, 0.717) is 12.0 Å². The van der Waals surface area contributed by atoms with Crippen LogP contribution in [-0.2, 0) is 14.3 Å². The van der Waals surface area contributed by atoms with Gasteiger partial charge in [0.05, 0.1) is 18.1 Å². The van der Waals surface area contributed by atoms with Crippen LogP contribution in [0.3, 0.4) is 0 Å². The number of carbonyl (C=O) groups is 2. The molecule has 0 amide bonds. The zero-order valence-corrected chi connectivity index (χ0v) is 12.8. The quantitative estimate of drug-likeness (QED) is 0.802. The summed E-state index contributed by atoms with van der Waals surface area (Å²) in [4.78, 5) is 23.8. The van der Waals surface area contributed by atoms with Crippen molar-refractivity contribution in [3.8, 4) is 0 Å². The van der Waals surface area contributed by atoms with Gasteiger partial charge in [0, 0.05) is 0 Å². The molecule has 5 heteroatoms. The monoisotopic (exact) mass is 308 g/mol. The highest BCUT2D eigenvalue weighted by molar-refractivity contribution is 5.89. The van der Waals surface area contributed by atoms with E-state index in [1.54, 1.807) is 37.3 Å². The number of alkyl halides is 1. The predicted molar refractivity (Wildman–Crippen MR) is 79.1 cm³/mol. The van der Waals surface area contributed by atoms with Crippen molar-refractivity contribution in [2.75, 3.05) is 6.61 Å². The lowest BCUT2D eigenvalue weighted by atomic mass is 9.78. The number of esters is 2. The molecule has 4 unspecified atom stereocenters. The summed E-state index contributed by atoms with van der Waals surface area (Å²) < 4.78 is 24.5. The summed E-state index contributed by atoms with van der Waals surface area (Å²) in [7, 11) is 0. The summed E-state index contributed by atoms with van der Waals surface area (Å²) in [6, 6.07) is 8.50. The summed E-state index contributed by atoms with van der Waals surface area (Å²) in [5, 5.41) is 0. The van der Waals surface area contributed by atoms with Crippen LogP contribution in [0.5, 0.6) is 0 Å². The van der Waals surface area contributed by atoms with Crippen molar-refractivity contribution in [2.45, 2.75) is 39.0 Å². The molecule has 0 bridgehead atoms. The summed E-state index contributed by atoms with van der Waals surface area (Å²) >= 11 is 0. The molecule has 0 aromatic heterocycles. The minimum atomic E-state index is -1.35. The minimum Gasteiger partial charge on any atom is -0.466 e. The molecule has 1 aromatic rings. The van der Waals surface area contributed by atoms with Gasteiger partial charge in [-0.25, -0.2) is 9.18 Å². The van der Waals surface area contributed by atoms with E-state index in [0.717, 1.165) is 0 Å². The highest BCUT2D eigenvalue weighted by Crippen LogP contribution is 2.34. The number of carbonyl (C=O) groups excluding carboxylic acids is 2. The molecule has 4 atom stereocenters. The number of rotatable bonds is 4. The number of benzene rings is 1. The van der Waals surface area contributed by atoms with Gasteiger partial charge in [-0.3, -0.25) is 4.79 Å². The zero-order chi connectivity index (χ0) is 16.1. The van der Waals surface area contributed by atoms with E-state index in [-0.39, 0.29) is 24.9 Å². The third-order valence-corrected chi connectivity index (χ3v) is 4.03. The summed E-state index contributed by atoms with van der Waals surface area (Å²) in [5.41, 5.74) is 0.398. The lowest BCUT2D eigenvalue weighted by Crippen LogP contribution is -2.42. The summed E-state index contributed by atoms with van der Waals surface area (Å²) in [6.07, 6.45) is -1.80. The van der Waals surface area contributed by atoms with Crippen molar-refractivity contribution in [3.05, 3.63) is 35.9 Å². The molecule has 1 fully saturated rings. The molecule has 4 nitrogen and oxygen atoms in total. The smallest absolute Gasteiger partial charge is 0.338 e. The molecule has 1 saturated carbocycles. The van der Waals surface area contributed by atoms with E-state index in [2.05, 4.69) is 0 Å². The molecule has 2 rings (SSSR count). The van der Waals surface area contributed by atoms with E-state index >= 15 is 0 Å².